The second-order valence-electron chi connectivity index (χ2n) is 24.2. The van der Waals surface area contributed by atoms with Crippen molar-refractivity contribution in [1.29, 1.82) is 0 Å². The molecule has 4 unspecified atom stereocenters. The number of nitrogens with one attached hydrogen (secondary N) is 4. The Bertz CT molecular complexity index is 1280. The van der Waals surface area contributed by atoms with E-state index in [2.05, 4.69) is 76.7 Å². The number of rotatable bonds is 36. The molecule has 68 heavy (non-hydrogen) atoms. The molecule has 3 fully saturated rings. The molecule has 396 valence electrons. The Morgan fingerprint density at radius 3 is 0.971 bits per heavy atom. The highest BCUT2D eigenvalue weighted by Gasteiger charge is 2.37. The predicted octanol–water partition coefficient (Wildman–Crippen LogP) is 15.4. The van der Waals surface area contributed by atoms with Crippen LogP contribution in [0.4, 0.5) is 0 Å². The maximum absolute atomic E-state index is 13.5. The largest absolute Gasteiger partial charge is 0.351 e. The highest BCUT2D eigenvalue weighted by atomic mass is 16.2. The summed E-state index contributed by atoms with van der Waals surface area (Å²) in [6, 6.07) is 0.0900. The van der Waals surface area contributed by atoms with E-state index in [4.69, 9.17) is 0 Å². The molecule has 3 aliphatic rings. The lowest BCUT2D eigenvalue weighted by Gasteiger charge is -2.42. The van der Waals surface area contributed by atoms with E-state index >= 15 is 0 Å². The first-order valence-electron chi connectivity index (χ1n) is 29.9. The van der Waals surface area contributed by atoms with Gasteiger partial charge in [0.2, 0.25) is 23.6 Å². The van der Waals surface area contributed by atoms with Gasteiger partial charge in [-0.1, -0.05) is 222 Å². The Labute approximate surface area is 420 Å². The number of carbonyl (C=O) groups is 4. The van der Waals surface area contributed by atoms with E-state index in [0.717, 1.165) is 127 Å². The fourth-order valence-electron chi connectivity index (χ4n) is 12.4. The summed E-state index contributed by atoms with van der Waals surface area (Å²) in [6.07, 6.45) is 43.5. The SMILES string of the molecule is CCCCCCCCC1CC(CCCCC(=O)N[C@H]2CCCC[C@H]2NC(=O)C(C)(C)CCCC)C(CCCCC(=O)N[C@@H]2CCCC[C@@H]2NC(=O)C(C)(C)CCCC)CC1CCCCCCCC. The van der Waals surface area contributed by atoms with Crippen molar-refractivity contribution in [2.24, 2.45) is 34.5 Å². The molecule has 0 aliphatic heterocycles. The standard InChI is InChI=1S/C60H112N4O4/c1-9-13-17-19-21-23-33-47-45-49(35-25-31-41-55(65)61-51-37-27-29-39-53(51)63-57(67)59(5,6)43-15-11-3)50(46-48(47)34-24-22-20-18-14-10-2)36-26-32-42-56(66)62-52-38-28-30-40-54(52)64-58(68)60(7,8)44-16-12-4/h47-54H,9-46H2,1-8H3,(H,61,65)(H,62,66)(H,63,67)(H,64,68)/t47?,48?,49?,50?,51-,52+,53+,54-. The van der Waals surface area contributed by atoms with Gasteiger partial charge in [0.05, 0.1) is 0 Å². The summed E-state index contributed by atoms with van der Waals surface area (Å²) in [7, 11) is 0. The molecule has 0 heterocycles. The number of amides is 4. The van der Waals surface area contributed by atoms with Crippen LogP contribution in [0.1, 0.15) is 299 Å². The summed E-state index contributed by atoms with van der Waals surface area (Å²) in [5.74, 6) is 3.58. The molecular weight excluding hydrogens is 841 g/mol. The molecule has 8 heteroatoms. The third-order valence-electron chi connectivity index (χ3n) is 17.3. The van der Waals surface area contributed by atoms with Crippen molar-refractivity contribution in [2.75, 3.05) is 0 Å². The summed E-state index contributed by atoms with van der Waals surface area (Å²) in [5, 5.41) is 13.5. The minimum Gasteiger partial charge on any atom is -0.351 e. The zero-order valence-corrected chi connectivity index (χ0v) is 46.1. The molecule has 0 aromatic rings. The highest BCUT2D eigenvalue weighted by molar-refractivity contribution is 5.83. The van der Waals surface area contributed by atoms with E-state index < -0.39 is 0 Å². The van der Waals surface area contributed by atoms with E-state index in [1.54, 1.807) is 0 Å². The van der Waals surface area contributed by atoms with Gasteiger partial charge in [0, 0.05) is 47.8 Å². The lowest BCUT2D eigenvalue weighted by molar-refractivity contribution is -0.132. The van der Waals surface area contributed by atoms with Gasteiger partial charge in [-0.3, -0.25) is 19.2 Å². The number of unbranched alkanes of at least 4 members (excludes halogenated alkanes) is 14. The van der Waals surface area contributed by atoms with Gasteiger partial charge in [0.1, 0.15) is 0 Å². The smallest absolute Gasteiger partial charge is 0.225 e. The normalized spacial score (nSPS) is 24.6. The molecule has 3 saturated carbocycles. The average molecular weight is 954 g/mol. The minimum atomic E-state index is -0.388. The maximum atomic E-state index is 13.5. The Morgan fingerprint density at radius 2 is 0.647 bits per heavy atom. The van der Waals surface area contributed by atoms with Gasteiger partial charge in [-0.25, -0.2) is 0 Å². The second kappa shape index (κ2) is 34.3. The van der Waals surface area contributed by atoms with Crippen molar-refractivity contribution in [3.63, 3.8) is 0 Å². The third-order valence-corrected chi connectivity index (χ3v) is 17.3. The van der Waals surface area contributed by atoms with Crippen LogP contribution in [0.5, 0.6) is 0 Å². The van der Waals surface area contributed by atoms with Crippen LogP contribution in [0.25, 0.3) is 0 Å². The quantitative estimate of drug-likeness (QED) is 0.0468. The van der Waals surface area contributed by atoms with Crippen LogP contribution in [0.15, 0.2) is 0 Å². The highest BCUT2D eigenvalue weighted by Crippen LogP contribution is 2.46. The minimum absolute atomic E-state index is 0.0210. The van der Waals surface area contributed by atoms with Crippen LogP contribution in [-0.2, 0) is 19.2 Å². The first-order valence-corrected chi connectivity index (χ1v) is 29.9. The number of carbonyl (C=O) groups excluding carboxylic acids is 4. The third kappa shape index (κ3) is 23.4. The zero-order chi connectivity index (χ0) is 49.6. The topological polar surface area (TPSA) is 116 Å². The lowest BCUT2D eigenvalue weighted by Crippen LogP contribution is -2.55. The molecule has 3 rings (SSSR count). The zero-order valence-electron chi connectivity index (χ0n) is 46.1. The van der Waals surface area contributed by atoms with E-state index in [-0.39, 0.29) is 58.6 Å². The number of hydrogen-bond acceptors (Lipinski definition) is 4. The van der Waals surface area contributed by atoms with Crippen LogP contribution in [-0.4, -0.2) is 47.8 Å². The summed E-state index contributed by atoms with van der Waals surface area (Å²) in [6.45, 7) is 17.2. The first-order chi connectivity index (χ1) is 32.7. The Balaban J connectivity index is 1.61. The van der Waals surface area contributed by atoms with Gasteiger partial charge >= 0.3 is 0 Å². The van der Waals surface area contributed by atoms with Crippen LogP contribution in [0.2, 0.25) is 0 Å². The Kier molecular flexibility index (Phi) is 30.3. The molecule has 0 aromatic carbocycles. The van der Waals surface area contributed by atoms with Gasteiger partial charge in [-0.05, 0) is 87.9 Å². The van der Waals surface area contributed by atoms with E-state index in [1.165, 1.54) is 116 Å². The Morgan fingerprint density at radius 1 is 0.368 bits per heavy atom. The molecule has 4 amide bonds. The van der Waals surface area contributed by atoms with Crippen LogP contribution in [0, 0.1) is 34.5 Å². The van der Waals surface area contributed by atoms with Crippen LogP contribution >= 0.6 is 0 Å². The summed E-state index contributed by atoms with van der Waals surface area (Å²) in [5.41, 5.74) is -0.777. The Hall–Kier alpha value is -2.12. The van der Waals surface area contributed by atoms with Gasteiger partial charge in [0.15, 0.2) is 0 Å². The molecular formula is C60H112N4O4. The van der Waals surface area contributed by atoms with Crippen molar-refractivity contribution >= 4 is 23.6 Å². The molecule has 0 spiro atoms. The van der Waals surface area contributed by atoms with Gasteiger partial charge in [-0.2, -0.15) is 0 Å². The predicted molar refractivity (Wildman–Crippen MR) is 287 cm³/mol. The van der Waals surface area contributed by atoms with E-state index in [0.29, 0.717) is 24.7 Å². The van der Waals surface area contributed by atoms with Crippen molar-refractivity contribution < 1.29 is 19.2 Å². The van der Waals surface area contributed by atoms with Crippen molar-refractivity contribution in [1.82, 2.24) is 21.3 Å². The molecule has 4 N–H and O–H groups in total. The first kappa shape index (κ1) is 60.2. The second-order valence-corrected chi connectivity index (χ2v) is 24.2. The summed E-state index contributed by atoms with van der Waals surface area (Å²) < 4.78 is 0. The molecule has 8 nitrogen and oxygen atoms in total. The molecule has 0 saturated heterocycles. The average Bonchev–Trinajstić information content (AvgIpc) is 3.31. The van der Waals surface area contributed by atoms with Gasteiger partial charge in [-0.15, -0.1) is 0 Å². The van der Waals surface area contributed by atoms with Crippen molar-refractivity contribution in [2.45, 2.75) is 324 Å². The van der Waals surface area contributed by atoms with E-state index in [9.17, 15) is 19.2 Å². The van der Waals surface area contributed by atoms with Crippen LogP contribution in [0.3, 0.4) is 0 Å². The molecule has 0 aromatic heterocycles. The van der Waals surface area contributed by atoms with Crippen molar-refractivity contribution in [3.05, 3.63) is 0 Å². The number of hydrogen-bond donors (Lipinski definition) is 4. The molecule has 8 atom stereocenters. The van der Waals surface area contributed by atoms with Gasteiger partial charge in [0.25, 0.3) is 0 Å². The molecule has 0 bridgehead atoms. The molecule has 0 radical (unpaired) electrons. The summed E-state index contributed by atoms with van der Waals surface area (Å²) >= 11 is 0. The van der Waals surface area contributed by atoms with Gasteiger partial charge < -0.3 is 21.3 Å². The van der Waals surface area contributed by atoms with Crippen molar-refractivity contribution in [3.8, 4) is 0 Å². The fraction of sp³-hybridized carbons (Fsp3) is 0.933. The maximum Gasteiger partial charge on any atom is 0.225 e. The van der Waals surface area contributed by atoms with E-state index in [1.807, 2.05) is 0 Å². The van der Waals surface area contributed by atoms with Crippen LogP contribution < -0.4 is 21.3 Å². The fourth-order valence-corrected chi connectivity index (χ4v) is 12.4. The monoisotopic (exact) mass is 953 g/mol. The lowest BCUT2D eigenvalue weighted by atomic mass is 9.63. The summed E-state index contributed by atoms with van der Waals surface area (Å²) in [4.78, 5) is 53.7. The molecule has 3 aliphatic carbocycles.